The molecule has 3 aliphatic heterocycles. The van der Waals surface area contributed by atoms with Gasteiger partial charge < -0.3 is 14.9 Å². The van der Waals surface area contributed by atoms with Crippen LogP contribution >= 0.6 is 0 Å². The van der Waals surface area contributed by atoms with Gasteiger partial charge in [-0.3, -0.25) is 0 Å². The summed E-state index contributed by atoms with van der Waals surface area (Å²) in [5, 5.41) is 20.4. The summed E-state index contributed by atoms with van der Waals surface area (Å²) in [6.07, 6.45) is -1.87. The van der Waals surface area contributed by atoms with Gasteiger partial charge in [-0.2, -0.15) is 4.31 Å². The Labute approximate surface area is 123 Å². The summed E-state index contributed by atoms with van der Waals surface area (Å²) in [4.78, 5) is 0.211. The zero-order valence-electron chi connectivity index (χ0n) is 11.2. The molecular weight excluding hydrogens is 294 g/mol. The number of ether oxygens (including phenoxy) is 1. The molecule has 0 aromatic heterocycles. The fourth-order valence-electron chi connectivity index (χ4n) is 3.88. The fourth-order valence-corrected chi connectivity index (χ4v) is 5.75. The molecule has 0 amide bonds. The van der Waals surface area contributed by atoms with Gasteiger partial charge >= 0.3 is 0 Å². The number of piperidine rings is 2. The van der Waals surface area contributed by atoms with Crippen LogP contribution < -0.4 is 0 Å². The smallest absolute Gasteiger partial charge is 0.243 e. The number of aliphatic hydroxyl groups is 2. The van der Waals surface area contributed by atoms with Crippen molar-refractivity contribution in [3.63, 3.8) is 0 Å². The number of sulfonamides is 1. The molecule has 3 saturated heterocycles. The lowest BCUT2D eigenvalue weighted by molar-refractivity contribution is -0.0500. The molecule has 6 atom stereocenters. The van der Waals surface area contributed by atoms with E-state index in [0.29, 0.717) is 6.42 Å². The van der Waals surface area contributed by atoms with Crippen molar-refractivity contribution < 1.29 is 23.4 Å². The van der Waals surface area contributed by atoms with Gasteiger partial charge in [-0.1, -0.05) is 18.2 Å². The lowest BCUT2D eigenvalue weighted by Gasteiger charge is -2.46. The first-order valence-electron chi connectivity index (χ1n) is 7.10. The van der Waals surface area contributed by atoms with E-state index in [1.165, 1.54) is 4.31 Å². The second-order valence-electron chi connectivity index (χ2n) is 5.95. The normalized spacial score (nSPS) is 42.4. The van der Waals surface area contributed by atoms with Crippen LogP contribution in [0.3, 0.4) is 0 Å². The Morgan fingerprint density at radius 3 is 2.52 bits per heavy atom. The lowest BCUT2D eigenvalue weighted by Crippen LogP contribution is -2.64. The molecule has 0 aliphatic carbocycles. The number of fused-ring (bicyclic) bond motifs is 2. The summed E-state index contributed by atoms with van der Waals surface area (Å²) in [6, 6.07) is 7.20. The van der Waals surface area contributed by atoms with Crippen molar-refractivity contribution in [2.45, 2.75) is 54.2 Å². The average molecular weight is 311 g/mol. The predicted octanol–water partition coefficient (Wildman–Crippen LogP) is -0.289. The highest BCUT2D eigenvalue weighted by atomic mass is 32.2. The maximum absolute atomic E-state index is 12.9. The van der Waals surface area contributed by atoms with Crippen molar-refractivity contribution in [3.8, 4) is 0 Å². The van der Waals surface area contributed by atoms with E-state index in [0.717, 1.165) is 0 Å². The van der Waals surface area contributed by atoms with E-state index < -0.39 is 40.4 Å². The molecular formula is C14H17NO5S. The van der Waals surface area contributed by atoms with Crippen LogP contribution in [0, 0.1) is 0 Å². The topological polar surface area (TPSA) is 87.1 Å². The summed E-state index contributed by atoms with van der Waals surface area (Å²) < 4.78 is 32.8. The first kappa shape index (κ1) is 13.7. The number of nitrogens with zero attached hydrogens (tertiary/aromatic N) is 1. The van der Waals surface area contributed by atoms with E-state index in [4.69, 9.17) is 4.74 Å². The Balaban J connectivity index is 1.79. The van der Waals surface area contributed by atoms with Crippen LogP contribution in [-0.4, -0.2) is 59.4 Å². The van der Waals surface area contributed by atoms with Gasteiger partial charge in [0.05, 0.1) is 35.3 Å². The third-order valence-corrected chi connectivity index (χ3v) is 6.76. The van der Waals surface area contributed by atoms with Crippen molar-refractivity contribution in [1.82, 2.24) is 4.31 Å². The minimum atomic E-state index is -3.70. The third kappa shape index (κ3) is 1.82. The van der Waals surface area contributed by atoms with Crippen molar-refractivity contribution in [2.24, 2.45) is 0 Å². The Morgan fingerprint density at radius 1 is 1.10 bits per heavy atom. The minimum absolute atomic E-state index is 0.211. The Hall–Kier alpha value is -0.990. The van der Waals surface area contributed by atoms with Crippen molar-refractivity contribution in [2.75, 3.05) is 0 Å². The van der Waals surface area contributed by atoms with Crippen molar-refractivity contribution in [3.05, 3.63) is 30.3 Å². The van der Waals surface area contributed by atoms with Crippen LogP contribution in [0.2, 0.25) is 0 Å². The molecule has 0 spiro atoms. The van der Waals surface area contributed by atoms with Crippen molar-refractivity contribution in [1.29, 1.82) is 0 Å². The molecule has 6 unspecified atom stereocenters. The summed E-state index contributed by atoms with van der Waals surface area (Å²) in [5.74, 6) is 0. The summed E-state index contributed by atoms with van der Waals surface area (Å²) in [6.45, 7) is 0. The largest absolute Gasteiger partial charge is 0.390 e. The van der Waals surface area contributed by atoms with Gasteiger partial charge in [-0.05, 0) is 25.0 Å². The van der Waals surface area contributed by atoms with Crippen LogP contribution in [0.4, 0.5) is 0 Å². The average Bonchev–Trinajstić information content (AvgIpc) is 2.83. The van der Waals surface area contributed by atoms with Gasteiger partial charge in [0.25, 0.3) is 0 Å². The molecule has 3 aliphatic rings. The van der Waals surface area contributed by atoms with Crippen LogP contribution in [0.5, 0.6) is 0 Å². The molecule has 4 rings (SSSR count). The molecule has 3 bridgehead atoms. The highest BCUT2D eigenvalue weighted by Crippen LogP contribution is 2.45. The minimum Gasteiger partial charge on any atom is -0.390 e. The number of benzene rings is 1. The van der Waals surface area contributed by atoms with E-state index >= 15 is 0 Å². The maximum atomic E-state index is 12.9. The van der Waals surface area contributed by atoms with E-state index in [2.05, 4.69) is 0 Å². The third-order valence-electron chi connectivity index (χ3n) is 4.79. The molecule has 7 heteroatoms. The van der Waals surface area contributed by atoms with Gasteiger partial charge in [-0.15, -0.1) is 0 Å². The number of hydrogen-bond donors (Lipinski definition) is 2. The van der Waals surface area contributed by atoms with Crippen LogP contribution in [0.25, 0.3) is 0 Å². The van der Waals surface area contributed by atoms with Gasteiger partial charge in [0.1, 0.15) is 6.10 Å². The quantitative estimate of drug-likeness (QED) is 0.784. The molecule has 3 fully saturated rings. The van der Waals surface area contributed by atoms with Crippen LogP contribution in [0.1, 0.15) is 12.8 Å². The molecule has 114 valence electrons. The van der Waals surface area contributed by atoms with E-state index in [1.807, 2.05) is 0 Å². The fraction of sp³-hybridized carbons (Fsp3) is 0.571. The maximum Gasteiger partial charge on any atom is 0.243 e. The highest BCUT2D eigenvalue weighted by molar-refractivity contribution is 7.89. The van der Waals surface area contributed by atoms with Crippen LogP contribution in [0.15, 0.2) is 35.2 Å². The molecule has 1 aromatic rings. The second kappa shape index (κ2) is 4.50. The lowest BCUT2D eigenvalue weighted by atomic mass is 9.83. The number of hydrogen-bond acceptors (Lipinski definition) is 5. The molecule has 6 nitrogen and oxygen atoms in total. The van der Waals surface area contributed by atoms with E-state index in [-0.39, 0.29) is 17.4 Å². The number of aliphatic hydroxyl groups excluding tert-OH is 2. The predicted molar refractivity (Wildman–Crippen MR) is 73.0 cm³/mol. The number of rotatable bonds is 2. The van der Waals surface area contributed by atoms with E-state index in [9.17, 15) is 18.6 Å². The molecule has 3 heterocycles. The monoisotopic (exact) mass is 311 g/mol. The Bertz CT molecular complexity index is 649. The summed E-state index contributed by atoms with van der Waals surface area (Å²) >= 11 is 0. The first-order valence-corrected chi connectivity index (χ1v) is 8.54. The van der Waals surface area contributed by atoms with Gasteiger partial charge in [0, 0.05) is 0 Å². The molecule has 1 aromatic carbocycles. The standard InChI is InChI=1S/C14H17NO5S/c16-11-6-9-13(17)12-7-10(14(11)20-12)15(9)21(18,19)8-4-2-1-3-5-8/h1-5,9-14,16-17H,6-7H2. The van der Waals surface area contributed by atoms with Gasteiger partial charge in [0.2, 0.25) is 10.0 Å². The SMILES string of the molecule is O=S(=O)(c1ccccc1)N1C2CC(O)C3OC(CC31)C2O. The first-order chi connectivity index (χ1) is 10.00. The zero-order chi connectivity index (χ0) is 14.8. The molecule has 2 N–H and O–H groups in total. The van der Waals surface area contributed by atoms with Crippen LogP contribution in [-0.2, 0) is 14.8 Å². The molecule has 0 radical (unpaired) electrons. The van der Waals surface area contributed by atoms with Crippen molar-refractivity contribution >= 4 is 10.0 Å². The second-order valence-corrected chi connectivity index (χ2v) is 7.79. The van der Waals surface area contributed by atoms with E-state index in [1.54, 1.807) is 30.3 Å². The molecule has 21 heavy (non-hydrogen) atoms. The highest BCUT2D eigenvalue weighted by Gasteiger charge is 2.61. The van der Waals surface area contributed by atoms with Gasteiger partial charge in [-0.25, -0.2) is 8.42 Å². The molecule has 0 saturated carbocycles. The Kier molecular flexibility index (Phi) is 2.93. The zero-order valence-corrected chi connectivity index (χ0v) is 12.1. The summed E-state index contributed by atoms with van der Waals surface area (Å²) in [5.41, 5.74) is 0. The van der Waals surface area contributed by atoms with Gasteiger partial charge in [0.15, 0.2) is 0 Å². The Morgan fingerprint density at radius 2 is 1.81 bits per heavy atom. The summed E-state index contributed by atoms with van der Waals surface area (Å²) in [7, 11) is -3.70.